The minimum absolute atomic E-state index is 0.766. The van der Waals surface area contributed by atoms with Crippen molar-refractivity contribution in [3.63, 3.8) is 0 Å². The Morgan fingerprint density at radius 3 is 2.68 bits per heavy atom. The number of aromatic nitrogens is 2. The first kappa shape index (κ1) is 14.3. The molecule has 106 valence electrons. The quantitative estimate of drug-likeness (QED) is 0.739. The molecule has 1 aromatic rings. The molecule has 0 atom stereocenters. The van der Waals surface area contributed by atoms with E-state index in [1.165, 1.54) is 24.1 Å². The normalized spacial score (nSPS) is 14.3. The zero-order chi connectivity index (χ0) is 13.7. The minimum atomic E-state index is 0.766. The van der Waals surface area contributed by atoms with Gasteiger partial charge in [-0.1, -0.05) is 0 Å². The lowest BCUT2D eigenvalue weighted by Crippen LogP contribution is -2.30. The molecule has 1 heterocycles. The highest BCUT2D eigenvalue weighted by Gasteiger charge is 2.20. The Kier molecular flexibility index (Phi) is 5.14. The van der Waals surface area contributed by atoms with E-state index in [2.05, 4.69) is 16.8 Å². The number of anilines is 1. The molecule has 0 saturated carbocycles. The molecule has 19 heavy (non-hydrogen) atoms. The molecule has 0 unspecified atom stereocenters. The predicted molar refractivity (Wildman–Crippen MR) is 77.8 cm³/mol. The lowest BCUT2D eigenvalue weighted by Gasteiger charge is -2.27. The van der Waals surface area contributed by atoms with Gasteiger partial charge in [0.2, 0.25) is 0 Å². The van der Waals surface area contributed by atoms with Crippen LogP contribution >= 0.6 is 0 Å². The second-order valence-corrected chi connectivity index (χ2v) is 5.00. The second-order valence-electron chi connectivity index (χ2n) is 5.00. The van der Waals surface area contributed by atoms with Gasteiger partial charge in [0.25, 0.3) is 0 Å². The molecule has 2 rings (SSSR count). The zero-order valence-electron chi connectivity index (χ0n) is 12.4. The Balaban J connectivity index is 2.23. The number of likely N-dealkylation sites (N-methyl/N-ethyl adjacent to an activating group) is 1. The molecule has 0 spiro atoms. The van der Waals surface area contributed by atoms with Crippen LogP contribution in [0.4, 0.5) is 5.82 Å². The van der Waals surface area contributed by atoms with Crippen molar-refractivity contribution in [2.45, 2.75) is 46.5 Å². The van der Waals surface area contributed by atoms with Gasteiger partial charge in [-0.2, -0.15) is 0 Å². The fourth-order valence-corrected chi connectivity index (χ4v) is 2.69. The van der Waals surface area contributed by atoms with Crippen molar-refractivity contribution in [1.82, 2.24) is 9.97 Å². The molecule has 0 fully saturated rings. The second kappa shape index (κ2) is 6.85. The van der Waals surface area contributed by atoms with Crippen molar-refractivity contribution in [2.24, 2.45) is 0 Å². The van der Waals surface area contributed by atoms with Crippen molar-refractivity contribution < 1.29 is 4.74 Å². The van der Waals surface area contributed by atoms with E-state index in [9.17, 15) is 0 Å². The van der Waals surface area contributed by atoms with Crippen LogP contribution in [-0.4, -0.2) is 36.3 Å². The van der Waals surface area contributed by atoms with Gasteiger partial charge in [0, 0.05) is 31.0 Å². The SMILES string of the molecule is CCOCCN(CC)c1nc(C)nc2c1CCCC2. The number of hydrogen-bond acceptors (Lipinski definition) is 4. The third kappa shape index (κ3) is 3.44. The van der Waals surface area contributed by atoms with Crippen molar-refractivity contribution in [1.29, 1.82) is 0 Å². The summed E-state index contributed by atoms with van der Waals surface area (Å²) in [5.74, 6) is 2.04. The lowest BCUT2D eigenvalue weighted by atomic mass is 9.96. The Morgan fingerprint density at radius 1 is 1.16 bits per heavy atom. The maximum absolute atomic E-state index is 5.48. The van der Waals surface area contributed by atoms with E-state index in [0.717, 1.165) is 50.8 Å². The summed E-state index contributed by atoms with van der Waals surface area (Å²) in [5.41, 5.74) is 2.64. The van der Waals surface area contributed by atoms with Gasteiger partial charge < -0.3 is 9.64 Å². The standard InChI is InChI=1S/C15H25N3O/c1-4-18(10-11-19-5-2)15-13-8-6-7-9-14(13)16-12(3)17-15/h4-11H2,1-3H3. The van der Waals surface area contributed by atoms with Gasteiger partial charge in [-0.15, -0.1) is 0 Å². The van der Waals surface area contributed by atoms with Crippen LogP contribution in [0, 0.1) is 6.92 Å². The molecule has 0 radical (unpaired) electrons. The molecule has 0 amide bonds. The summed E-state index contributed by atoms with van der Waals surface area (Å²) >= 11 is 0. The highest BCUT2D eigenvalue weighted by molar-refractivity contribution is 5.50. The number of fused-ring (bicyclic) bond motifs is 1. The fourth-order valence-electron chi connectivity index (χ4n) is 2.69. The highest BCUT2D eigenvalue weighted by atomic mass is 16.5. The number of rotatable bonds is 6. The van der Waals surface area contributed by atoms with Crippen LogP contribution in [0.5, 0.6) is 0 Å². The van der Waals surface area contributed by atoms with E-state index in [4.69, 9.17) is 9.72 Å². The van der Waals surface area contributed by atoms with Crippen LogP contribution in [0.25, 0.3) is 0 Å². The monoisotopic (exact) mass is 263 g/mol. The number of nitrogens with zero attached hydrogens (tertiary/aromatic N) is 3. The average Bonchev–Trinajstić information content (AvgIpc) is 2.43. The highest BCUT2D eigenvalue weighted by Crippen LogP contribution is 2.27. The lowest BCUT2D eigenvalue weighted by molar-refractivity contribution is 0.154. The maximum atomic E-state index is 5.48. The molecule has 4 nitrogen and oxygen atoms in total. The van der Waals surface area contributed by atoms with Crippen LogP contribution in [0.15, 0.2) is 0 Å². The summed E-state index contributed by atoms with van der Waals surface area (Å²) in [6.07, 6.45) is 4.74. The molecule has 1 aliphatic rings. The van der Waals surface area contributed by atoms with E-state index >= 15 is 0 Å². The van der Waals surface area contributed by atoms with E-state index in [1.807, 2.05) is 13.8 Å². The molecular weight excluding hydrogens is 238 g/mol. The number of aryl methyl sites for hydroxylation is 2. The van der Waals surface area contributed by atoms with Crippen LogP contribution in [-0.2, 0) is 17.6 Å². The van der Waals surface area contributed by atoms with Crippen molar-refractivity contribution >= 4 is 5.82 Å². The third-order valence-corrected chi connectivity index (χ3v) is 3.66. The molecular formula is C15H25N3O. The van der Waals surface area contributed by atoms with E-state index < -0.39 is 0 Å². The maximum Gasteiger partial charge on any atom is 0.135 e. The molecule has 0 bridgehead atoms. The van der Waals surface area contributed by atoms with Gasteiger partial charge >= 0.3 is 0 Å². The third-order valence-electron chi connectivity index (χ3n) is 3.66. The van der Waals surface area contributed by atoms with Gasteiger partial charge in [-0.3, -0.25) is 0 Å². The zero-order valence-corrected chi connectivity index (χ0v) is 12.4. The van der Waals surface area contributed by atoms with Crippen LogP contribution < -0.4 is 4.90 Å². The minimum Gasteiger partial charge on any atom is -0.380 e. The first-order valence-electron chi connectivity index (χ1n) is 7.45. The van der Waals surface area contributed by atoms with E-state index in [1.54, 1.807) is 0 Å². The summed E-state index contributed by atoms with van der Waals surface area (Å²) in [6, 6.07) is 0. The largest absolute Gasteiger partial charge is 0.380 e. The molecule has 1 aromatic heterocycles. The summed E-state index contributed by atoms with van der Waals surface area (Å²) in [7, 11) is 0. The Hall–Kier alpha value is -1.16. The smallest absolute Gasteiger partial charge is 0.135 e. The summed E-state index contributed by atoms with van der Waals surface area (Å²) in [4.78, 5) is 11.6. The van der Waals surface area contributed by atoms with Crippen LogP contribution in [0.2, 0.25) is 0 Å². The first-order valence-corrected chi connectivity index (χ1v) is 7.45. The summed E-state index contributed by atoms with van der Waals surface area (Å²) in [5, 5.41) is 0. The van der Waals surface area contributed by atoms with Gasteiger partial charge in [-0.25, -0.2) is 9.97 Å². The molecule has 0 saturated heterocycles. The van der Waals surface area contributed by atoms with Gasteiger partial charge in [0.05, 0.1) is 6.61 Å². The Morgan fingerprint density at radius 2 is 1.95 bits per heavy atom. The summed E-state index contributed by atoms with van der Waals surface area (Å²) in [6.45, 7) is 9.63. The van der Waals surface area contributed by atoms with E-state index in [0.29, 0.717) is 0 Å². The predicted octanol–water partition coefficient (Wildman–Crippen LogP) is 2.53. The average molecular weight is 263 g/mol. The summed E-state index contributed by atoms with van der Waals surface area (Å²) < 4.78 is 5.48. The molecule has 0 aromatic carbocycles. The Bertz CT molecular complexity index is 420. The van der Waals surface area contributed by atoms with Crippen molar-refractivity contribution in [3.8, 4) is 0 Å². The van der Waals surface area contributed by atoms with E-state index in [-0.39, 0.29) is 0 Å². The number of ether oxygens (including phenoxy) is 1. The fraction of sp³-hybridized carbons (Fsp3) is 0.733. The Labute approximate surface area is 116 Å². The van der Waals surface area contributed by atoms with Crippen molar-refractivity contribution in [3.05, 3.63) is 17.1 Å². The topological polar surface area (TPSA) is 38.2 Å². The van der Waals surface area contributed by atoms with Crippen LogP contribution in [0.3, 0.4) is 0 Å². The molecule has 0 N–H and O–H groups in total. The number of hydrogen-bond donors (Lipinski definition) is 0. The van der Waals surface area contributed by atoms with Gasteiger partial charge in [0.15, 0.2) is 0 Å². The first-order chi connectivity index (χ1) is 9.26. The molecule has 4 heteroatoms. The van der Waals surface area contributed by atoms with Crippen LogP contribution in [0.1, 0.15) is 43.8 Å². The van der Waals surface area contributed by atoms with Gasteiger partial charge in [0.1, 0.15) is 11.6 Å². The molecule has 1 aliphatic carbocycles. The molecule has 0 aliphatic heterocycles. The van der Waals surface area contributed by atoms with Gasteiger partial charge in [-0.05, 0) is 46.5 Å². The van der Waals surface area contributed by atoms with Crippen molar-refractivity contribution in [2.75, 3.05) is 31.2 Å².